The molecular weight excluding hydrogens is 144 g/mol. The van der Waals surface area contributed by atoms with Gasteiger partial charge in [-0.25, -0.2) is 0 Å². The third-order valence-corrected chi connectivity index (χ3v) is 1.48. The Balaban J connectivity index is 3.77. The first-order valence-electron chi connectivity index (χ1n) is 3.62. The van der Waals surface area contributed by atoms with Gasteiger partial charge in [0.2, 0.25) is 0 Å². The Bertz CT molecular complexity index is 106. The van der Waals surface area contributed by atoms with Crippen molar-refractivity contribution in [2.45, 2.75) is 33.2 Å². The van der Waals surface area contributed by atoms with Crippen LogP contribution in [-0.4, -0.2) is 29.7 Å². The van der Waals surface area contributed by atoms with Crippen molar-refractivity contribution in [2.24, 2.45) is 5.41 Å². The second kappa shape index (κ2) is 4.04. The Hall–Kier alpha value is -0.120. The summed E-state index contributed by atoms with van der Waals surface area (Å²) in [5.74, 6) is 0. The van der Waals surface area contributed by atoms with Crippen LogP contribution in [0, 0.1) is 11.8 Å². The molecule has 0 bridgehead atoms. The van der Waals surface area contributed by atoms with Crippen molar-refractivity contribution in [2.75, 3.05) is 7.11 Å². The zero-order chi connectivity index (χ0) is 9.07. The Morgan fingerprint density at radius 2 is 1.73 bits per heavy atom. The Morgan fingerprint density at radius 3 is 2.00 bits per heavy atom. The molecule has 0 aliphatic rings. The summed E-state index contributed by atoms with van der Waals surface area (Å²) in [7, 11) is 1.39. The van der Waals surface area contributed by atoms with Crippen molar-refractivity contribution >= 4 is 0 Å². The molecule has 0 saturated heterocycles. The van der Waals surface area contributed by atoms with Crippen molar-refractivity contribution in [3.05, 3.63) is 6.42 Å². The fourth-order valence-electron chi connectivity index (χ4n) is 0.523. The van der Waals surface area contributed by atoms with Gasteiger partial charge in [0, 0.05) is 13.5 Å². The lowest BCUT2D eigenvalue weighted by atomic mass is 9.87. The summed E-state index contributed by atoms with van der Waals surface area (Å²) in [6, 6.07) is 0. The van der Waals surface area contributed by atoms with Crippen LogP contribution in [0.1, 0.15) is 20.8 Å². The molecule has 1 radical (unpaired) electrons. The van der Waals surface area contributed by atoms with E-state index in [0.717, 1.165) is 0 Å². The van der Waals surface area contributed by atoms with E-state index in [0.29, 0.717) is 0 Å². The number of hydrogen-bond donors (Lipinski definition) is 2. The van der Waals surface area contributed by atoms with Crippen LogP contribution in [0.25, 0.3) is 0 Å². The highest BCUT2D eigenvalue weighted by atomic mass is 16.6. The molecule has 0 heterocycles. The van der Waals surface area contributed by atoms with E-state index in [1.54, 1.807) is 0 Å². The average molecular weight is 161 g/mol. The maximum Gasteiger partial charge on any atom is 0.160 e. The van der Waals surface area contributed by atoms with Crippen LogP contribution in [0.15, 0.2) is 0 Å². The minimum absolute atomic E-state index is 0.250. The Labute approximate surface area is 68.0 Å². The average Bonchev–Trinajstić information content (AvgIpc) is 1.85. The molecule has 3 nitrogen and oxygen atoms in total. The predicted octanol–water partition coefficient (Wildman–Crippen LogP) is 0.562. The molecule has 2 unspecified atom stereocenters. The SMILES string of the molecule is COC(O)[CH]C(O)C(C)(C)C. The quantitative estimate of drug-likeness (QED) is 0.595. The third kappa shape index (κ3) is 4.35. The highest BCUT2D eigenvalue weighted by molar-refractivity contribution is 4.87. The summed E-state index contributed by atoms with van der Waals surface area (Å²) in [6.07, 6.45) is -0.276. The Kier molecular flexibility index (Phi) is 4.00. The van der Waals surface area contributed by atoms with E-state index in [2.05, 4.69) is 4.74 Å². The lowest BCUT2D eigenvalue weighted by Crippen LogP contribution is -2.31. The minimum Gasteiger partial charge on any atom is -0.392 e. The number of hydrogen-bond acceptors (Lipinski definition) is 3. The van der Waals surface area contributed by atoms with Gasteiger partial charge in [0.05, 0.1) is 6.10 Å². The van der Waals surface area contributed by atoms with Crippen LogP contribution < -0.4 is 0 Å². The zero-order valence-corrected chi connectivity index (χ0v) is 7.53. The molecule has 11 heavy (non-hydrogen) atoms. The molecule has 0 aliphatic heterocycles. The van der Waals surface area contributed by atoms with Gasteiger partial charge in [-0.15, -0.1) is 0 Å². The number of rotatable bonds is 3. The lowest BCUT2D eigenvalue weighted by Gasteiger charge is -2.26. The van der Waals surface area contributed by atoms with Crippen LogP contribution in [0.5, 0.6) is 0 Å². The molecule has 0 amide bonds. The fourth-order valence-corrected chi connectivity index (χ4v) is 0.523. The molecule has 3 heteroatoms. The van der Waals surface area contributed by atoms with E-state index in [1.807, 2.05) is 20.8 Å². The minimum atomic E-state index is -0.982. The van der Waals surface area contributed by atoms with Crippen LogP contribution in [0.4, 0.5) is 0 Å². The summed E-state index contributed by atoms with van der Waals surface area (Å²) in [4.78, 5) is 0. The van der Waals surface area contributed by atoms with Gasteiger partial charge in [-0.1, -0.05) is 20.8 Å². The van der Waals surface area contributed by atoms with Crippen molar-refractivity contribution in [1.82, 2.24) is 0 Å². The predicted molar refractivity (Wildman–Crippen MR) is 42.8 cm³/mol. The van der Waals surface area contributed by atoms with E-state index in [1.165, 1.54) is 13.5 Å². The second-order valence-corrected chi connectivity index (χ2v) is 3.63. The summed E-state index contributed by atoms with van der Waals surface area (Å²) in [5, 5.41) is 18.3. The van der Waals surface area contributed by atoms with Crippen molar-refractivity contribution < 1.29 is 14.9 Å². The topological polar surface area (TPSA) is 49.7 Å². The third-order valence-electron chi connectivity index (χ3n) is 1.48. The van der Waals surface area contributed by atoms with Gasteiger partial charge in [-0.2, -0.15) is 0 Å². The van der Waals surface area contributed by atoms with Crippen molar-refractivity contribution in [1.29, 1.82) is 0 Å². The molecule has 0 rings (SSSR count). The number of aliphatic hydroxyl groups is 2. The van der Waals surface area contributed by atoms with Gasteiger partial charge in [-0.05, 0) is 5.41 Å². The maximum atomic E-state index is 9.39. The second-order valence-electron chi connectivity index (χ2n) is 3.63. The van der Waals surface area contributed by atoms with Crippen molar-refractivity contribution in [3.8, 4) is 0 Å². The molecule has 0 aromatic heterocycles. The first-order chi connectivity index (χ1) is 4.88. The fraction of sp³-hybridized carbons (Fsp3) is 0.875. The standard InChI is InChI=1S/C8H17O3/c1-8(2,3)6(9)5-7(10)11-4/h5-7,9-10H,1-4H3. The van der Waals surface area contributed by atoms with E-state index < -0.39 is 12.4 Å². The molecule has 0 aliphatic carbocycles. The molecule has 0 aromatic carbocycles. The van der Waals surface area contributed by atoms with E-state index in [9.17, 15) is 5.11 Å². The smallest absolute Gasteiger partial charge is 0.160 e. The van der Waals surface area contributed by atoms with Crippen LogP contribution in [0.3, 0.4) is 0 Å². The van der Waals surface area contributed by atoms with Crippen molar-refractivity contribution in [3.63, 3.8) is 0 Å². The van der Waals surface area contributed by atoms with Crippen LogP contribution >= 0.6 is 0 Å². The molecule has 0 spiro atoms. The number of methoxy groups -OCH3 is 1. The summed E-state index contributed by atoms with van der Waals surface area (Å²) in [5.41, 5.74) is -0.250. The van der Waals surface area contributed by atoms with Gasteiger partial charge >= 0.3 is 0 Å². The Morgan fingerprint density at radius 1 is 1.27 bits per heavy atom. The highest BCUT2D eigenvalue weighted by Crippen LogP contribution is 2.21. The summed E-state index contributed by atoms with van der Waals surface area (Å²) >= 11 is 0. The van der Waals surface area contributed by atoms with Gasteiger partial charge in [0.25, 0.3) is 0 Å². The number of aliphatic hydroxyl groups excluding tert-OH is 2. The zero-order valence-electron chi connectivity index (χ0n) is 7.53. The molecule has 67 valence electrons. The van der Waals surface area contributed by atoms with E-state index in [4.69, 9.17) is 5.11 Å². The van der Waals surface area contributed by atoms with Gasteiger partial charge in [-0.3, -0.25) is 0 Å². The van der Waals surface area contributed by atoms with Gasteiger partial charge in [0.1, 0.15) is 0 Å². The normalized spacial score (nSPS) is 18.0. The summed E-state index contributed by atoms with van der Waals surface area (Å²) in [6.45, 7) is 5.66. The highest BCUT2D eigenvalue weighted by Gasteiger charge is 2.24. The van der Waals surface area contributed by atoms with Crippen LogP contribution in [0.2, 0.25) is 0 Å². The molecule has 0 saturated carbocycles. The molecule has 2 N–H and O–H groups in total. The van der Waals surface area contributed by atoms with E-state index >= 15 is 0 Å². The van der Waals surface area contributed by atoms with Gasteiger partial charge in [0.15, 0.2) is 6.29 Å². The largest absolute Gasteiger partial charge is 0.392 e. The van der Waals surface area contributed by atoms with Crippen LogP contribution in [-0.2, 0) is 4.74 Å². The van der Waals surface area contributed by atoms with E-state index in [-0.39, 0.29) is 5.41 Å². The monoisotopic (exact) mass is 161 g/mol. The molecule has 0 aromatic rings. The summed E-state index contributed by atoms with van der Waals surface area (Å²) < 4.78 is 4.56. The van der Waals surface area contributed by atoms with Gasteiger partial charge < -0.3 is 14.9 Å². The first kappa shape index (κ1) is 10.9. The molecule has 2 atom stereocenters. The lowest BCUT2D eigenvalue weighted by molar-refractivity contribution is -0.0715. The first-order valence-corrected chi connectivity index (χ1v) is 3.62. The molecule has 0 fully saturated rings. The maximum absolute atomic E-state index is 9.39. The molecular formula is C8H17O3. The number of ether oxygens (including phenoxy) is 1.